The van der Waals surface area contributed by atoms with Gasteiger partial charge < -0.3 is 21.1 Å². The number of rotatable bonds is 4. The number of nitrogens with zero attached hydrogens (tertiary/aromatic N) is 1. The van der Waals surface area contributed by atoms with Crippen LogP contribution in [0.15, 0.2) is 30.5 Å². The number of hydrogen-bond acceptors (Lipinski definition) is 5. The highest BCUT2D eigenvalue weighted by Gasteiger charge is 2.15. The van der Waals surface area contributed by atoms with E-state index in [-0.39, 0.29) is 0 Å². The van der Waals surface area contributed by atoms with Gasteiger partial charge in [0.25, 0.3) is 0 Å². The summed E-state index contributed by atoms with van der Waals surface area (Å²) in [6.45, 7) is 10.5. The third-order valence-electron chi connectivity index (χ3n) is 2.90. The van der Waals surface area contributed by atoms with Crippen molar-refractivity contribution >= 4 is 28.4 Å². The van der Waals surface area contributed by atoms with Crippen LogP contribution in [0.4, 0.5) is 16.2 Å². The average Bonchev–Trinajstić information content (AvgIpc) is 2.53. The summed E-state index contributed by atoms with van der Waals surface area (Å²) in [5.74, 6) is 0. The molecule has 0 atom stereocenters. The molecule has 6 nitrogen and oxygen atoms in total. The topological polar surface area (TPSA) is 89.3 Å². The van der Waals surface area contributed by atoms with E-state index in [0.29, 0.717) is 18.8 Å². The van der Waals surface area contributed by atoms with Gasteiger partial charge in [0.2, 0.25) is 0 Å². The van der Waals surface area contributed by atoms with Gasteiger partial charge in [0.1, 0.15) is 5.60 Å². The molecule has 2 aromatic rings. The van der Waals surface area contributed by atoms with Crippen LogP contribution in [0.25, 0.3) is 10.9 Å². The molecule has 1 aromatic heterocycles. The smallest absolute Gasteiger partial charge is 0.407 e. The minimum absolute atomic E-state index is 0.429. The van der Waals surface area contributed by atoms with Crippen LogP contribution >= 0.6 is 0 Å². The van der Waals surface area contributed by atoms with Gasteiger partial charge in [-0.3, -0.25) is 4.98 Å². The standard InChI is InChI=1S/C16H22N4O2.C2H6/c1-16(2,3)22-15(21)19-9-8-18-14-11-6-4-5-7-13(11)20-10-12(14)17;1-2/h4-7,10H,8-9,17H2,1-3H3,(H,18,20)(H,19,21);1-2H3. The Balaban J connectivity index is 0.00000139. The van der Waals surface area contributed by atoms with Crippen LogP contribution in [0, 0.1) is 0 Å². The number of para-hydroxylation sites is 1. The minimum Gasteiger partial charge on any atom is -0.444 e. The van der Waals surface area contributed by atoms with Crippen LogP contribution in [-0.4, -0.2) is 29.8 Å². The highest BCUT2D eigenvalue weighted by molar-refractivity contribution is 5.96. The number of benzene rings is 1. The molecule has 0 spiro atoms. The molecule has 1 aromatic carbocycles. The Bertz CT molecular complexity index is 666. The van der Waals surface area contributed by atoms with Crippen LogP contribution in [0.3, 0.4) is 0 Å². The maximum atomic E-state index is 11.6. The lowest BCUT2D eigenvalue weighted by Crippen LogP contribution is -2.35. The summed E-state index contributed by atoms with van der Waals surface area (Å²) in [6.07, 6.45) is 1.20. The second-order valence-corrected chi connectivity index (χ2v) is 5.96. The van der Waals surface area contributed by atoms with Gasteiger partial charge in [-0.1, -0.05) is 32.0 Å². The lowest BCUT2D eigenvalue weighted by molar-refractivity contribution is 0.0530. The van der Waals surface area contributed by atoms with Crippen molar-refractivity contribution in [2.45, 2.75) is 40.2 Å². The Morgan fingerprint density at radius 2 is 1.88 bits per heavy atom. The Morgan fingerprint density at radius 3 is 2.54 bits per heavy atom. The van der Waals surface area contributed by atoms with E-state index >= 15 is 0 Å². The molecule has 0 unspecified atom stereocenters. The monoisotopic (exact) mass is 332 g/mol. The molecule has 0 aliphatic rings. The van der Waals surface area contributed by atoms with Crippen molar-refractivity contribution in [3.05, 3.63) is 30.5 Å². The number of amides is 1. The lowest BCUT2D eigenvalue weighted by Gasteiger charge is -2.20. The number of nitrogens with two attached hydrogens (primary N) is 1. The maximum absolute atomic E-state index is 11.6. The molecule has 1 heterocycles. The van der Waals surface area contributed by atoms with Gasteiger partial charge >= 0.3 is 6.09 Å². The summed E-state index contributed by atoms with van der Waals surface area (Å²) in [7, 11) is 0. The van der Waals surface area contributed by atoms with Crippen molar-refractivity contribution in [2.75, 3.05) is 24.1 Å². The van der Waals surface area contributed by atoms with Crippen molar-refractivity contribution in [3.63, 3.8) is 0 Å². The first kappa shape index (κ1) is 19.5. The number of carbonyl (C=O) groups is 1. The minimum atomic E-state index is -0.497. The summed E-state index contributed by atoms with van der Waals surface area (Å²) in [5, 5.41) is 6.89. The van der Waals surface area contributed by atoms with Crippen molar-refractivity contribution in [1.82, 2.24) is 10.3 Å². The molecule has 1 amide bonds. The lowest BCUT2D eigenvalue weighted by atomic mass is 10.1. The number of pyridine rings is 1. The van der Waals surface area contributed by atoms with Crippen LogP contribution in [-0.2, 0) is 4.74 Å². The fourth-order valence-corrected chi connectivity index (χ4v) is 2.02. The fraction of sp³-hybridized carbons (Fsp3) is 0.444. The Kier molecular flexibility index (Phi) is 7.30. The van der Waals surface area contributed by atoms with Gasteiger partial charge in [0, 0.05) is 18.5 Å². The number of nitrogens with one attached hydrogen (secondary N) is 2. The van der Waals surface area contributed by atoms with Crippen LogP contribution in [0.1, 0.15) is 34.6 Å². The van der Waals surface area contributed by atoms with E-state index in [1.807, 2.05) is 58.9 Å². The Hall–Kier alpha value is -2.50. The molecule has 0 saturated heterocycles. The summed E-state index contributed by atoms with van der Waals surface area (Å²) >= 11 is 0. The number of fused-ring (bicyclic) bond motifs is 1. The zero-order valence-electron chi connectivity index (χ0n) is 15.1. The first-order chi connectivity index (χ1) is 11.4. The van der Waals surface area contributed by atoms with E-state index in [4.69, 9.17) is 10.5 Å². The molecule has 0 aliphatic carbocycles. The summed E-state index contributed by atoms with van der Waals surface area (Å²) in [6, 6.07) is 7.76. The molecule has 0 saturated carbocycles. The first-order valence-electron chi connectivity index (χ1n) is 8.21. The molecule has 4 N–H and O–H groups in total. The van der Waals surface area contributed by atoms with Crippen molar-refractivity contribution in [2.24, 2.45) is 0 Å². The molecule has 132 valence electrons. The maximum Gasteiger partial charge on any atom is 0.407 e. The van der Waals surface area contributed by atoms with E-state index in [2.05, 4.69) is 15.6 Å². The van der Waals surface area contributed by atoms with E-state index < -0.39 is 11.7 Å². The first-order valence-corrected chi connectivity index (χ1v) is 8.21. The molecular formula is C18H28N4O2. The van der Waals surface area contributed by atoms with Crippen molar-refractivity contribution < 1.29 is 9.53 Å². The van der Waals surface area contributed by atoms with E-state index in [1.54, 1.807) is 6.20 Å². The van der Waals surface area contributed by atoms with E-state index in [1.165, 1.54) is 0 Å². The van der Waals surface area contributed by atoms with Crippen LogP contribution in [0.2, 0.25) is 0 Å². The molecule has 0 bridgehead atoms. The number of hydrogen-bond donors (Lipinski definition) is 3. The molecule has 6 heteroatoms. The van der Waals surface area contributed by atoms with Crippen LogP contribution < -0.4 is 16.4 Å². The number of ether oxygens (including phenoxy) is 1. The predicted molar refractivity (Wildman–Crippen MR) is 100 cm³/mol. The molecule has 2 rings (SSSR count). The normalized spacial score (nSPS) is 10.5. The fourth-order valence-electron chi connectivity index (χ4n) is 2.02. The van der Waals surface area contributed by atoms with Gasteiger partial charge in [-0.2, -0.15) is 0 Å². The van der Waals surface area contributed by atoms with Crippen molar-refractivity contribution in [3.8, 4) is 0 Å². The number of aromatic nitrogens is 1. The zero-order chi connectivity index (χ0) is 18.2. The van der Waals surface area contributed by atoms with E-state index in [0.717, 1.165) is 16.6 Å². The second kappa shape index (κ2) is 8.96. The molecule has 0 radical (unpaired) electrons. The summed E-state index contributed by atoms with van der Waals surface area (Å²) in [4.78, 5) is 15.8. The number of anilines is 2. The average molecular weight is 332 g/mol. The summed E-state index contributed by atoms with van der Waals surface area (Å²) in [5.41, 5.74) is 7.76. The van der Waals surface area contributed by atoms with E-state index in [9.17, 15) is 4.79 Å². The second-order valence-electron chi connectivity index (χ2n) is 5.96. The van der Waals surface area contributed by atoms with Crippen molar-refractivity contribution in [1.29, 1.82) is 0 Å². The Morgan fingerprint density at radius 1 is 1.21 bits per heavy atom. The highest BCUT2D eigenvalue weighted by Crippen LogP contribution is 2.27. The highest BCUT2D eigenvalue weighted by atomic mass is 16.6. The van der Waals surface area contributed by atoms with Gasteiger partial charge in [-0.25, -0.2) is 4.79 Å². The number of carbonyl (C=O) groups excluding carboxylic acids is 1. The molecule has 0 fully saturated rings. The third kappa shape index (κ3) is 5.95. The molecule has 0 aliphatic heterocycles. The molecule has 24 heavy (non-hydrogen) atoms. The Labute approximate surface area is 143 Å². The zero-order valence-corrected chi connectivity index (χ0v) is 15.1. The van der Waals surface area contributed by atoms with Gasteiger partial charge in [0.05, 0.1) is 23.1 Å². The third-order valence-corrected chi connectivity index (χ3v) is 2.90. The van der Waals surface area contributed by atoms with Gasteiger partial charge in [0.15, 0.2) is 0 Å². The SMILES string of the molecule is CC.CC(C)(C)OC(=O)NCCNc1c(N)cnc2ccccc12. The predicted octanol–water partition coefficient (Wildman–Crippen LogP) is 3.78. The number of alkyl carbamates (subject to hydrolysis) is 1. The van der Waals surface area contributed by atoms with Gasteiger partial charge in [-0.05, 0) is 26.8 Å². The quantitative estimate of drug-likeness (QED) is 0.741. The summed E-state index contributed by atoms with van der Waals surface area (Å²) < 4.78 is 5.17. The number of nitrogen functional groups attached to an aromatic ring is 1. The largest absolute Gasteiger partial charge is 0.444 e. The molecular weight excluding hydrogens is 304 g/mol. The van der Waals surface area contributed by atoms with Gasteiger partial charge in [-0.15, -0.1) is 0 Å². The van der Waals surface area contributed by atoms with Crippen LogP contribution in [0.5, 0.6) is 0 Å².